The van der Waals surface area contributed by atoms with Crippen molar-refractivity contribution in [2.75, 3.05) is 24.3 Å². The molecule has 0 bridgehead atoms. The normalized spacial score (nSPS) is 11.5. The molecule has 0 aliphatic heterocycles. The third-order valence-electron chi connectivity index (χ3n) is 5.96. The Balaban J connectivity index is 1.98. The molecule has 5 heteroatoms. The van der Waals surface area contributed by atoms with Gasteiger partial charge in [0.15, 0.2) is 0 Å². The summed E-state index contributed by atoms with van der Waals surface area (Å²) < 4.78 is 0. The molecule has 0 heterocycles. The molecule has 0 radical (unpaired) electrons. The van der Waals surface area contributed by atoms with E-state index in [1.165, 1.54) is 0 Å². The van der Waals surface area contributed by atoms with Crippen LogP contribution in [-0.4, -0.2) is 30.8 Å². The van der Waals surface area contributed by atoms with Crippen LogP contribution in [0.1, 0.15) is 49.3 Å². The summed E-state index contributed by atoms with van der Waals surface area (Å²) in [6, 6.07) is 26.0. The molecule has 0 saturated heterocycles. The minimum atomic E-state index is -0.212. The first kappa shape index (κ1) is 25.0. The average Bonchev–Trinajstić information content (AvgIpc) is 2.85. The van der Waals surface area contributed by atoms with E-state index in [0.29, 0.717) is 19.5 Å². The molecule has 0 unspecified atom stereocenters. The van der Waals surface area contributed by atoms with Crippen LogP contribution in [0, 0.1) is 0 Å². The maximum absolute atomic E-state index is 13.9. The van der Waals surface area contributed by atoms with E-state index in [-0.39, 0.29) is 17.7 Å². The number of hydrogen-bond donors (Lipinski definition) is 1. The summed E-state index contributed by atoms with van der Waals surface area (Å²) in [5.41, 5.74) is 4.87. The molecule has 3 aromatic carbocycles. The number of anilines is 2. The molecule has 3 aromatic rings. The first-order valence-corrected chi connectivity index (χ1v) is 11.9. The topological polar surface area (TPSA) is 52.7 Å². The van der Waals surface area contributed by atoms with Crippen LogP contribution in [0.25, 0.3) is 0 Å². The highest BCUT2D eigenvalue weighted by molar-refractivity contribution is 5.91. The van der Waals surface area contributed by atoms with Crippen molar-refractivity contribution in [2.24, 2.45) is 0 Å². The molecule has 0 saturated carbocycles. The minimum Gasteiger partial charge on any atom is -0.377 e. The number of nitrogens with one attached hydrogen (secondary N) is 1. The fourth-order valence-corrected chi connectivity index (χ4v) is 4.16. The zero-order valence-electron chi connectivity index (χ0n) is 20.6. The first-order valence-electron chi connectivity index (χ1n) is 11.9. The monoisotopic (exact) mass is 457 g/mol. The largest absolute Gasteiger partial charge is 0.377 e. The van der Waals surface area contributed by atoms with Crippen LogP contribution in [0.15, 0.2) is 78.9 Å². The van der Waals surface area contributed by atoms with Gasteiger partial charge in [-0.2, -0.15) is 0 Å². The third-order valence-corrected chi connectivity index (χ3v) is 5.96. The van der Waals surface area contributed by atoms with Gasteiger partial charge in [-0.1, -0.05) is 74.5 Å². The van der Waals surface area contributed by atoms with Gasteiger partial charge >= 0.3 is 0 Å². The molecule has 0 aromatic heterocycles. The summed E-state index contributed by atoms with van der Waals surface area (Å²) in [7, 11) is 3.98. The maximum Gasteiger partial charge on any atom is 0.230 e. The predicted molar refractivity (Wildman–Crippen MR) is 140 cm³/mol. The Morgan fingerprint density at radius 1 is 0.853 bits per heavy atom. The Labute approximate surface area is 203 Å². The first-order chi connectivity index (χ1) is 16.4. The molecular formula is C29H35N3O2. The maximum atomic E-state index is 13.9. The van der Waals surface area contributed by atoms with E-state index in [1.54, 1.807) is 0 Å². The van der Waals surface area contributed by atoms with Crippen LogP contribution in [0.2, 0.25) is 0 Å². The van der Waals surface area contributed by atoms with Gasteiger partial charge in [-0.15, -0.1) is 0 Å². The van der Waals surface area contributed by atoms with Gasteiger partial charge in [0.2, 0.25) is 11.8 Å². The number of benzene rings is 3. The second-order valence-corrected chi connectivity index (χ2v) is 8.69. The Morgan fingerprint density at radius 2 is 1.50 bits per heavy atom. The Kier molecular flexibility index (Phi) is 8.86. The molecule has 0 aliphatic carbocycles. The average molecular weight is 458 g/mol. The van der Waals surface area contributed by atoms with Gasteiger partial charge in [0, 0.05) is 45.0 Å². The van der Waals surface area contributed by atoms with Gasteiger partial charge in [0.1, 0.15) is 0 Å². The Morgan fingerprint density at radius 3 is 2.09 bits per heavy atom. The van der Waals surface area contributed by atoms with Crippen molar-refractivity contribution in [3.8, 4) is 0 Å². The zero-order chi connectivity index (χ0) is 24.5. The van der Waals surface area contributed by atoms with Crippen LogP contribution in [0.5, 0.6) is 0 Å². The number of nitrogens with zero attached hydrogens (tertiary/aromatic N) is 2. The summed E-state index contributed by atoms with van der Waals surface area (Å²) >= 11 is 0. The lowest BCUT2D eigenvalue weighted by Crippen LogP contribution is -2.34. The Hall–Kier alpha value is -3.60. The van der Waals surface area contributed by atoms with Crippen molar-refractivity contribution < 1.29 is 9.59 Å². The van der Waals surface area contributed by atoms with E-state index in [0.717, 1.165) is 34.5 Å². The van der Waals surface area contributed by atoms with Crippen molar-refractivity contribution in [3.63, 3.8) is 0 Å². The second kappa shape index (κ2) is 12.0. The van der Waals surface area contributed by atoms with E-state index in [4.69, 9.17) is 0 Å². The summed E-state index contributed by atoms with van der Waals surface area (Å²) in [5, 5.41) is 2.95. The number of carbonyl (C=O) groups is 2. The molecular weight excluding hydrogens is 422 g/mol. The van der Waals surface area contributed by atoms with Gasteiger partial charge in [0.05, 0.1) is 5.92 Å². The standard InChI is InChI=1S/C29H35N3O2/c1-5-26(23-15-11-8-12-16-23)29(34)32(20-22-13-9-7-10-14-22)21-24-19-25(30-28(33)6-2)17-18-27(24)31(3)4/h7-19,26H,5-6,20-21H2,1-4H3,(H,30,33)/t26-/m1/s1. The highest BCUT2D eigenvalue weighted by Crippen LogP contribution is 2.28. The third kappa shape index (κ3) is 6.47. The summed E-state index contributed by atoms with van der Waals surface area (Å²) in [6.45, 7) is 4.85. The molecule has 0 aliphatic rings. The molecule has 2 amide bonds. The number of rotatable bonds is 10. The van der Waals surface area contributed by atoms with Gasteiger partial charge in [-0.3, -0.25) is 9.59 Å². The fourth-order valence-electron chi connectivity index (χ4n) is 4.16. The predicted octanol–water partition coefficient (Wildman–Crippen LogP) is 5.82. The van der Waals surface area contributed by atoms with E-state index in [9.17, 15) is 9.59 Å². The summed E-state index contributed by atoms with van der Waals surface area (Å²) in [5.74, 6) is -0.142. The molecule has 0 spiro atoms. The van der Waals surface area contributed by atoms with Crippen LogP contribution >= 0.6 is 0 Å². The molecule has 34 heavy (non-hydrogen) atoms. The van der Waals surface area contributed by atoms with E-state index in [1.807, 2.05) is 97.5 Å². The van der Waals surface area contributed by atoms with Crippen molar-refractivity contribution in [1.29, 1.82) is 0 Å². The van der Waals surface area contributed by atoms with Crippen LogP contribution < -0.4 is 10.2 Å². The Bertz CT molecular complexity index is 1080. The molecule has 178 valence electrons. The second-order valence-electron chi connectivity index (χ2n) is 8.69. The van der Waals surface area contributed by atoms with Crippen LogP contribution in [-0.2, 0) is 22.7 Å². The van der Waals surface area contributed by atoms with Gasteiger partial charge in [-0.05, 0) is 41.3 Å². The van der Waals surface area contributed by atoms with Gasteiger partial charge in [0.25, 0.3) is 0 Å². The van der Waals surface area contributed by atoms with E-state index < -0.39 is 0 Å². The molecule has 1 atom stereocenters. The smallest absolute Gasteiger partial charge is 0.230 e. The van der Waals surface area contributed by atoms with Crippen molar-refractivity contribution in [2.45, 2.75) is 45.7 Å². The fraction of sp³-hybridized carbons (Fsp3) is 0.310. The van der Waals surface area contributed by atoms with Crippen molar-refractivity contribution >= 4 is 23.2 Å². The van der Waals surface area contributed by atoms with Crippen LogP contribution in [0.3, 0.4) is 0 Å². The summed E-state index contributed by atoms with van der Waals surface area (Å²) in [6.07, 6.45) is 1.14. The number of carbonyl (C=O) groups excluding carboxylic acids is 2. The molecule has 5 nitrogen and oxygen atoms in total. The quantitative estimate of drug-likeness (QED) is 0.417. The number of hydrogen-bond acceptors (Lipinski definition) is 3. The van der Waals surface area contributed by atoms with E-state index in [2.05, 4.69) is 24.4 Å². The van der Waals surface area contributed by atoms with Crippen molar-refractivity contribution in [3.05, 3.63) is 95.6 Å². The van der Waals surface area contributed by atoms with Crippen LogP contribution in [0.4, 0.5) is 11.4 Å². The SMILES string of the molecule is CCC(=O)Nc1ccc(N(C)C)c(CN(Cc2ccccc2)C(=O)[C@H](CC)c2ccccc2)c1. The molecule has 3 rings (SSSR count). The molecule has 0 fully saturated rings. The summed E-state index contributed by atoms with van der Waals surface area (Å²) in [4.78, 5) is 29.9. The van der Waals surface area contributed by atoms with Gasteiger partial charge < -0.3 is 15.1 Å². The zero-order valence-corrected chi connectivity index (χ0v) is 20.6. The van der Waals surface area contributed by atoms with Gasteiger partial charge in [-0.25, -0.2) is 0 Å². The highest BCUT2D eigenvalue weighted by atomic mass is 16.2. The lowest BCUT2D eigenvalue weighted by Gasteiger charge is -2.29. The van der Waals surface area contributed by atoms with E-state index >= 15 is 0 Å². The lowest BCUT2D eigenvalue weighted by molar-refractivity contribution is -0.134. The minimum absolute atomic E-state index is 0.0316. The highest BCUT2D eigenvalue weighted by Gasteiger charge is 2.26. The van der Waals surface area contributed by atoms with Crippen molar-refractivity contribution in [1.82, 2.24) is 4.90 Å². The molecule has 1 N–H and O–H groups in total. The number of amides is 2. The lowest BCUT2D eigenvalue weighted by atomic mass is 9.94.